The van der Waals surface area contributed by atoms with Crippen LogP contribution in [0.4, 0.5) is 11.4 Å². The number of aryl methyl sites for hydroxylation is 1. The van der Waals surface area contributed by atoms with Crippen molar-refractivity contribution < 1.29 is 24.0 Å². The molecule has 3 aromatic carbocycles. The van der Waals surface area contributed by atoms with Crippen molar-refractivity contribution in [2.75, 3.05) is 5.32 Å². The summed E-state index contributed by atoms with van der Waals surface area (Å²) in [5.41, 5.74) is 6.32. The standard InChI is InChI=1S/C24H22N4O6/c1-15-7-3-4-8-19(15)24(31)25-18-13-11-17(12-14-18)23(30)27-26-22(29)16(2)34-21-10-6-5-9-20(21)28(32)33/h3-14,16H,1-2H3,(H,25,31)(H,26,29)(H,27,30). The number of para-hydroxylation sites is 2. The van der Waals surface area contributed by atoms with E-state index in [2.05, 4.69) is 16.2 Å². The fourth-order valence-electron chi connectivity index (χ4n) is 2.97. The molecule has 10 heteroatoms. The first-order valence-corrected chi connectivity index (χ1v) is 10.2. The monoisotopic (exact) mass is 462 g/mol. The number of ether oxygens (including phenoxy) is 1. The van der Waals surface area contributed by atoms with Gasteiger partial charge in [0.15, 0.2) is 11.9 Å². The molecule has 34 heavy (non-hydrogen) atoms. The van der Waals surface area contributed by atoms with Gasteiger partial charge in [0.2, 0.25) is 0 Å². The molecule has 1 atom stereocenters. The van der Waals surface area contributed by atoms with Crippen LogP contribution in [0.15, 0.2) is 72.8 Å². The highest BCUT2D eigenvalue weighted by molar-refractivity contribution is 6.05. The summed E-state index contributed by atoms with van der Waals surface area (Å²) < 4.78 is 5.36. The first-order chi connectivity index (χ1) is 16.3. The average Bonchev–Trinajstić information content (AvgIpc) is 2.83. The number of nitro benzene ring substituents is 1. The third-order valence-electron chi connectivity index (χ3n) is 4.83. The molecule has 0 saturated heterocycles. The van der Waals surface area contributed by atoms with Crippen LogP contribution in [0.2, 0.25) is 0 Å². The normalized spacial score (nSPS) is 11.1. The Morgan fingerprint density at radius 3 is 2.21 bits per heavy atom. The van der Waals surface area contributed by atoms with Gasteiger partial charge in [0, 0.05) is 22.9 Å². The Kier molecular flexibility index (Phi) is 7.55. The number of amides is 3. The molecule has 3 N–H and O–H groups in total. The van der Waals surface area contributed by atoms with Crippen LogP contribution in [0.25, 0.3) is 0 Å². The van der Waals surface area contributed by atoms with Crippen molar-refractivity contribution in [1.82, 2.24) is 10.9 Å². The first kappa shape index (κ1) is 23.9. The Morgan fingerprint density at radius 1 is 0.882 bits per heavy atom. The number of benzene rings is 3. The molecular weight excluding hydrogens is 440 g/mol. The minimum Gasteiger partial charge on any atom is -0.474 e. The van der Waals surface area contributed by atoms with Crippen LogP contribution >= 0.6 is 0 Å². The summed E-state index contributed by atoms with van der Waals surface area (Å²) in [7, 11) is 0. The molecule has 10 nitrogen and oxygen atoms in total. The van der Waals surface area contributed by atoms with Crippen LogP contribution in [0.1, 0.15) is 33.2 Å². The Hall–Kier alpha value is -4.73. The van der Waals surface area contributed by atoms with Gasteiger partial charge in [-0.1, -0.05) is 30.3 Å². The fourth-order valence-corrected chi connectivity index (χ4v) is 2.97. The molecule has 0 spiro atoms. The smallest absolute Gasteiger partial charge is 0.310 e. The molecule has 0 heterocycles. The molecule has 0 aromatic heterocycles. The fraction of sp³-hybridized carbons (Fsp3) is 0.125. The maximum absolute atomic E-state index is 12.4. The number of nitrogens with one attached hydrogen (secondary N) is 3. The molecule has 174 valence electrons. The molecule has 0 aliphatic rings. The van der Waals surface area contributed by atoms with E-state index in [0.29, 0.717) is 11.3 Å². The summed E-state index contributed by atoms with van der Waals surface area (Å²) in [6.45, 7) is 3.23. The van der Waals surface area contributed by atoms with Gasteiger partial charge in [0.05, 0.1) is 4.92 Å². The van der Waals surface area contributed by atoms with Crippen LogP contribution < -0.4 is 20.9 Å². The number of nitro groups is 1. The van der Waals surface area contributed by atoms with Crippen LogP contribution in [0.5, 0.6) is 5.75 Å². The first-order valence-electron chi connectivity index (χ1n) is 10.2. The summed E-state index contributed by atoms with van der Waals surface area (Å²) in [4.78, 5) is 47.4. The van der Waals surface area contributed by atoms with E-state index in [-0.39, 0.29) is 22.9 Å². The van der Waals surface area contributed by atoms with Gasteiger partial charge < -0.3 is 10.1 Å². The third kappa shape index (κ3) is 5.94. The van der Waals surface area contributed by atoms with Crippen molar-refractivity contribution >= 4 is 29.1 Å². The minimum absolute atomic E-state index is 0.0650. The Bertz CT molecular complexity index is 1230. The van der Waals surface area contributed by atoms with Crippen molar-refractivity contribution in [3.05, 3.63) is 99.6 Å². The van der Waals surface area contributed by atoms with Crippen molar-refractivity contribution in [1.29, 1.82) is 0 Å². The van der Waals surface area contributed by atoms with Gasteiger partial charge in [0.25, 0.3) is 17.7 Å². The zero-order valence-corrected chi connectivity index (χ0v) is 18.4. The third-order valence-corrected chi connectivity index (χ3v) is 4.83. The lowest BCUT2D eigenvalue weighted by Gasteiger charge is -2.15. The highest BCUT2D eigenvalue weighted by Gasteiger charge is 2.21. The van der Waals surface area contributed by atoms with Crippen LogP contribution in [0.3, 0.4) is 0 Å². The lowest BCUT2D eigenvalue weighted by Crippen LogP contribution is -2.47. The number of anilines is 1. The number of carbonyl (C=O) groups is 3. The molecule has 3 aromatic rings. The highest BCUT2D eigenvalue weighted by atomic mass is 16.6. The number of rotatable bonds is 7. The predicted molar refractivity (Wildman–Crippen MR) is 124 cm³/mol. The second-order valence-electron chi connectivity index (χ2n) is 7.27. The van der Waals surface area contributed by atoms with E-state index in [4.69, 9.17) is 4.74 Å². The number of hydrogen-bond donors (Lipinski definition) is 3. The second-order valence-corrected chi connectivity index (χ2v) is 7.27. The van der Waals surface area contributed by atoms with Crippen LogP contribution in [0, 0.1) is 17.0 Å². The maximum Gasteiger partial charge on any atom is 0.310 e. The molecule has 3 amide bonds. The van der Waals surface area contributed by atoms with E-state index >= 15 is 0 Å². The summed E-state index contributed by atoms with van der Waals surface area (Å²) in [5.74, 6) is -1.63. The van der Waals surface area contributed by atoms with E-state index in [0.717, 1.165) is 5.56 Å². The van der Waals surface area contributed by atoms with Gasteiger partial charge >= 0.3 is 5.69 Å². The number of nitrogens with zero attached hydrogens (tertiary/aromatic N) is 1. The van der Waals surface area contributed by atoms with E-state index in [9.17, 15) is 24.5 Å². The zero-order valence-electron chi connectivity index (χ0n) is 18.4. The molecule has 3 rings (SSSR count). The molecule has 0 radical (unpaired) electrons. The highest BCUT2D eigenvalue weighted by Crippen LogP contribution is 2.26. The van der Waals surface area contributed by atoms with Crippen molar-refractivity contribution in [3.63, 3.8) is 0 Å². The molecule has 1 unspecified atom stereocenters. The van der Waals surface area contributed by atoms with Gasteiger partial charge in [0.1, 0.15) is 0 Å². The quantitative estimate of drug-likeness (QED) is 0.363. The maximum atomic E-state index is 12.4. The van der Waals surface area contributed by atoms with Crippen LogP contribution in [-0.4, -0.2) is 28.7 Å². The molecular formula is C24H22N4O6. The Balaban J connectivity index is 1.53. The zero-order chi connectivity index (χ0) is 24.7. The molecule has 0 saturated carbocycles. The minimum atomic E-state index is -1.11. The molecule has 0 aliphatic carbocycles. The van der Waals surface area contributed by atoms with Crippen molar-refractivity contribution in [2.24, 2.45) is 0 Å². The predicted octanol–water partition coefficient (Wildman–Crippen LogP) is 3.38. The number of carbonyl (C=O) groups excluding carboxylic acids is 3. The van der Waals surface area contributed by atoms with E-state index in [1.54, 1.807) is 30.3 Å². The summed E-state index contributed by atoms with van der Waals surface area (Å²) in [6, 6.07) is 18.9. The largest absolute Gasteiger partial charge is 0.474 e. The summed E-state index contributed by atoms with van der Waals surface area (Å²) in [5, 5.41) is 13.8. The average molecular weight is 462 g/mol. The molecule has 0 bridgehead atoms. The lowest BCUT2D eigenvalue weighted by atomic mass is 10.1. The number of hydrogen-bond acceptors (Lipinski definition) is 6. The van der Waals surface area contributed by atoms with Gasteiger partial charge in [-0.25, -0.2) is 0 Å². The van der Waals surface area contributed by atoms with Crippen molar-refractivity contribution in [3.8, 4) is 5.75 Å². The van der Waals surface area contributed by atoms with Gasteiger partial charge in [-0.15, -0.1) is 0 Å². The lowest BCUT2D eigenvalue weighted by molar-refractivity contribution is -0.386. The molecule has 0 aliphatic heterocycles. The van der Waals surface area contributed by atoms with Crippen LogP contribution in [-0.2, 0) is 4.79 Å². The summed E-state index contributed by atoms with van der Waals surface area (Å²) in [6.07, 6.45) is -1.11. The SMILES string of the molecule is Cc1ccccc1C(=O)Nc1ccc(C(=O)NNC(=O)C(C)Oc2ccccc2[N+](=O)[O-])cc1. The van der Waals surface area contributed by atoms with Gasteiger partial charge in [-0.2, -0.15) is 0 Å². The number of hydrazine groups is 1. The van der Waals surface area contributed by atoms with E-state index < -0.39 is 22.8 Å². The molecule has 0 fully saturated rings. The van der Waals surface area contributed by atoms with Crippen molar-refractivity contribution in [2.45, 2.75) is 20.0 Å². The Labute approximate surface area is 195 Å². The Morgan fingerprint density at radius 2 is 1.53 bits per heavy atom. The van der Waals surface area contributed by atoms with E-state index in [1.807, 2.05) is 19.1 Å². The second kappa shape index (κ2) is 10.7. The van der Waals surface area contributed by atoms with Gasteiger partial charge in [-0.05, 0) is 55.8 Å². The van der Waals surface area contributed by atoms with E-state index in [1.165, 1.54) is 37.3 Å². The topological polar surface area (TPSA) is 140 Å². The summed E-state index contributed by atoms with van der Waals surface area (Å²) >= 11 is 0. The van der Waals surface area contributed by atoms with Gasteiger partial charge in [-0.3, -0.25) is 35.3 Å².